The van der Waals surface area contributed by atoms with Crippen molar-refractivity contribution in [3.8, 4) is 17.0 Å². The molecule has 27 heavy (non-hydrogen) atoms. The number of phenolic OH excluding ortho intramolecular Hbond substituents is 1. The van der Waals surface area contributed by atoms with Gasteiger partial charge < -0.3 is 15.7 Å². The molecule has 3 aromatic rings. The molecule has 0 unspecified atom stereocenters. The number of aromatic nitrogens is 3. The normalized spacial score (nSPS) is 14.8. The molecule has 2 aromatic heterocycles. The minimum absolute atomic E-state index is 0.252. The molecule has 0 atom stereocenters. The number of hydrogen-bond acceptors (Lipinski definition) is 6. The molecule has 0 aliphatic heterocycles. The number of nitrogens with zero attached hydrogens (tertiary/aromatic N) is 4. The van der Waals surface area contributed by atoms with Crippen molar-refractivity contribution in [2.75, 3.05) is 17.7 Å². The first-order chi connectivity index (χ1) is 13.0. The Morgan fingerprint density at radius 1 is 1.15 bits per heavy atom. The van der Waals surface area contributed by atoms with Crippen molar-refractivity contribution in [3.05, 3.63) is 35.7 Å². The van der Waals surface area contributed by atoms with Gasteiger partial charge in [-0.15, -0.1) is 0 Å². The van der Waals surface area contributed by atoms with Crippen LogP contribution < -0.4 is 10.6 Å². The van der Waals surface area contributed by atoms with Crippen molar-refractivity contribution in [1.29, 1.82) is 0 Å². The topological polar surface area (TPSA) is 88.2 Å². The molecule has 0 saturated heterocycles. The summed E-state index contributed by atoms with van der Waals surface area (Å²) in [7, 11) is 2.09. The van der Waals surface area contributed by atoms with Gasteiger partial charge in [-0.3, -0.25) is 0 Å². The number of fused-ring (bicyclic) bond motifs is 1. The molecule has 0 amide bonds. The lowest BCUT2D eigenvalue weighted by atomic mass is 9.97. The van der Waals surface area contributed by atoms with Gasteiger partial charge in [-0.1, -0.05) is 18.9 Å². The summed E-state index contributed by atoms with van der Waals surface area (Å²) in [6.45, 7) is 3.93. The van der Waals surface area contributed by atoms with E-state index in [0.717, 1.165) is 33.6 Å². The van der Waals surface area contributed by atoms with Gasteiger partial charge in [-0.25, -0.2) is 15.0 Å². The van der Waals surface area contributed by atoms with Crippen LogP contribution in [0.5, 0.6) is 5.75 Å². The third-order valence-electron chi connectivity index (χ3n) is 5.75. The average molecular weight is 363 g/mol. The Morgan fingerprint density at radius 2 is 1.89 bits per heavy atom. The number of aromatic hydroxyl groups is 1. The number of anilines is 2. The van der Waals surface area contributed by atoms with E-state index < -0.39 is 0 Å². The second-order valence-corrected chi connectivity index (χ2v) is 7.43. The molecule has 0 radical (unpaired) electrons. The van der Waals surface area contributed by atoms with Crippen LogP contribution in [0.1, 0.15) is 36.8 Å². The second kappa shape index (κ2) is 6.68. The lowest BCUT2D eigenvalue weighted by Crippen LogP contribution is -2.29. The number of rotatable bonds is 3. The summed E-state index contributed by atoms with van der Waals surface area (Å²) in [5.74, 6) is 1.57. The number of hydrogen-bond donors (Lipinski definition) is 2. The first kappa shape index (κ1) is 17.5. The fourth-order valence-corrected chi connectivity index (χ4v) is 4.10. The summed E-state index contributed by atoms with van der Waals surface area (Å²) in [6.07, 6.45) is 6.33. The molecule has 0 spiro atoms. The van der Waals surface area contributed by atoms with Crippen LogP contribution in [-0.2, 0) is 0 Å². The van der Waals surface area contributed by atoms with Crippen LogP contribution in [0.4, 0.5) is 11.6 Å². The predicted molar refractivity (Wildman–Crippen MR) is 109 cm³/mol. The zero-order chi connectivity index (χ0) is 19.1. The van der Waals surface area contributed by atoms with Crippen molar-refractivity contribution in [3.63, 3.8) is 0 Å². The maximum Gasteiger partial charge on any atom is 0.134 e. The predicted octanol–water partition coefficient (Wildman–Crippen LogP) is 3.98. The van der Waals surface area contributed by atoms with Gasteiger partial charge in [0.25, 0.3) is 0 Å². The first-order valence-electron chi connectivity index (χ1n) is 9.41. The van der Waals surface area contributed by atoms with Crippen LogP contribution in [0.3, 0.4) is 0 Å². The summed E-state index contributed by atoms with van der Waals surface area (Å²) in [6, 6.07) is 6.09. The highest BCUT2D eigenvalue weighted by Crippen LogP contribution is 2.38. The zero-order valence-corrected chi connectivity index (χ0v) is 16.0. The largest absolute Gasteiger partial charge is 0.508 e. The maximum absolute atomic E-state index is 10.3. The third-order valence-corrected chi connectivity index (χ3v) is 5.75. The Bertz CT molecular complexity index is 1010. The quantitative estimate of drug-likeness (QED) is 0.732. The van der Waals surface area contributed by atoms with Crippen molar-refractivity contribution in [1.82, 2.24) is 15.0 Å². The third kappa shape index (κ3) is 2.95. The van der Waals surface area contributed by atoms with Crippen LogP contribution >= 0.6 is 0 Å². The molecule has 1 aliphatic rings. The van der Waals surface area contributed by atoms with Crippen LogP contribution in [0.2, 0.25) is 0 Å². The lowest BCUT2D eigenvalue weighted by Gasteiger charge is -2.26. The molecule has 1 aromatic carbocycles. The summed E-state index contributed by atoms with van der Waals surface area (Å²) < 4.78 is 0. The van der Waals surface area contributed by atoms with E-state index in [4.69, 9.17) is 10.7 Å². The minimum atomic E-state index is 0.252. The Labute approximate surface area is 159 Å². The van der Waals surface area contributed by atoms with Gasteiger partial charge in [0.1, 0.15) is 29.2 Å². The van der Waals surface area contributed by atoms with Gasteiger partial charge in [0, 0.05) is 29.6 Å². The summed E-state index contributed by atoms with van der Waals surface area (Å²) in [5.41, 5.74) is 10.4. The monoisotopic (exact) mass is 363 g/mol. The van der Waals surface area contributed by atoms with Gasteiger partial charge in [-0.2, -0.15) is 0 Å². The highest BCUT2D eigenvalue weighted by atomic mass is 16.3. The van der Waals surface area contributed by atoms with Crippen molar-refractivity contribution >= 4 is 22.5 Å². The molecule has 0 bridgehead atoms. The first-order valence-corrected chi connectivity index (χ1v) is 9.41. The molecular formula is C21H25N5O. The number of nitrogens with two attached hydrogens (primary N) is 1. The summed E-state index contributed by atoms with van der Waals surface area (Å²) in [5, 5.41) is 11.1. The van der Waals surface area contributed by atoms with E-state index in [2.05, 4.69) is 21.9 Å². The molecule has 4 rings (SSSR count). The molecule has 1 aliphatic carbocycles. The highest BCUT2D eigenvalue weighted by Gasteiger charge is 2.23. The minimum Gasteiger partial charge on any atom is -0.508 e. The van der Waals surface area contributed by atoms with Crippen molar-refractivity contribution in [2.24, 2.45) is 0 Å². The Hall–Kier alpha value is -2.89. The standard InChI is InChI=1S/C21H25N5O/c1-12-8-9-16(27)13(2)18(12)20-19-15(21(22)24-11-23-19)10-17(25-20)26(3)14-6-4-5-7-14/h8-11,14,27H,4-7H2,1-3H3,(H2,22,23,24). The van der Waals surface area contributed by atoms with E-state index in [1.54, 1.807) is 6.07 Å². The molecule has 3 N–H and O–H groups in total. The molecule has 1 saturated carbocycles. The van der Waals surface area contributed by atoms with Gasteiger partial charge in [0.15, 0.2) is 0 Å². The van der Waals surface area contributed by atoms with E-state index in [0.29, 0.717) is 17.4 Å². The second-order valence-electron chi connectivity index (χ2n) is 7.43. The number of benzene rings is 1. The van der Waals surface area contributed by atoms with Crippen molar-refractivity contribution in [2.45, 2.75) is 45.6 Å². The van der Waals surface area contributed by atoms with Gasteiger partial charge in [0.05, 0.1) is 5.69 Å². The molecule has 2 heterocycles. The highest BCUT2D eigenvalue weighted by molar-refractivity contribution is 5.99. The van der Waals surface area contributed by atoms with Crippen LogP contribution in [0, 0.1) is 13.8 Å². The average Bonchev–Trinajstić information content (AvgIpc) is 3.19. The molecule has 140 valence electrons. The van der Waals surface area contributed by atoms with E-state index in [1.807, 2.05) is 26.0 Å². The SMILES string of the molecule is Cc1ccc(O)c(C)c1-c1nc(N(C)C2CCCC2)cc2c(N)ncnc12. The van der Waals surface area contributed by atoms with E-state index >= 15 is 0 Å². The molecule has 1 fully saturated rings. The fourth-order valence-electron chi connectivity index (χ4n) is 4.10. The van der Waals surface area contributed by atoms with E-state index in [1.165, 1.54) is 32.0 Å². The van der Waals surface area contributed by atoms with Gasteiger partial charge >= 0.3 is 0 Å². The van der Waals surface area contributed by atoms with Gasteiger partial charge in [-0.05, 0) is 44.4 Å². The summed E-state index contributed by atoms with van der Waals surface area (Å²) in [4.78, 5) is 15.9. The van der Waals surface area contributed by atoms with Crippen LogP contribution in [0.15, 0.2) is 24.5 Å². The number of nitrogen functional groups attached to an aromatic ring is 1. The molecule has 6 heteroatoms. The maximum atomic E-state index is 10.3. The molecular weight excluding hydrogens is 338 g/mol. The zero-order valence-electron chi connectivity index (χ0n) is 16.0. The van der Waals surface area contributed by atoms with E-state index in [9.17, 15) is 5.11 Å². The number of pyridine rings is 1. The van der Waals surface area contributed by atoms with Crippen LogP contribution in [0.25, 0.3) is 22.2 Å². The Morgan fingerprint density at radius 3 is 2.63 bits per heavy atom. The Kier molecular flexibility index (Phi) is 4.34. The summed E-state index contributed by atoms with van der Waals surface area (Å²) >= 11 is 0. The lowest BCUT2D eigenvalue weighted by molar-refractivity contribution is 0.471. The smallest absolute Gasteiger partial charge is 0.134 e. The fraction of sp³-hybridized carbons (Fsp3) is 0.381. The molecule has 6 nitrogen and oxygen atoms in total. The number of aryl methyl sites for hydroxylation is 1. The van der Waals surface area contributed by atoms with E-state index in [-0.39, 0.29) is 5.75 Å². The Balaban J connectivity index is 1.99. The van der Waals surface area contributed by atoms with Crippen molar-refractivity contribution < 1.29 is 5.11 Å². The van der Waals surface area contributed by atoms with Gasteiger partial charge in [0.2, 0.25) is 0 Å². The van der Waals surface area contributed by atoms with Crippen LogP contribution in [-0.4, -0.2) is 33.1 Å². The number of phenols is 1.